The van der Waals surface area contributed by atoms with E-state index in [-0.39, 0.29) is 18.6 Å². The molecule has 4 aromatic rings. The van der Waals surface area contributed by atoms with Crippen molar-refractivity contribution in [2.75, 3.05) is 16.8 Å². The van der Waals surface area contributed by atoms with E-state index in [1.165, 1.54) is 4.90 Å². The van der Waals surface area contributed by atoms with Crippen molar-refractivity contribution < 1.29 is 14.3 Å². The van der Waals surface area contributed by atoms with E-state index in [9.17, 15) is 4.79 Å². The summed E-state index contributed by atoms with van der Waals surface area (Å²) in [6.45, 7) is 5.94. The molecule has 0 bridgehead atoms. The number of ether oxygens (including phenoxy) is 2. The lowest BCUT2D eigenvalue weighted by molar-refractivity contribution is 0.174. The number of para-hydroxylation sites is 1. The number of cyclic esters (lactones) is 1. The molecule has 5 rings (SSSR count). The minimum atomic E-state index is -0.733. The van der Waals surface area contributed by atoms with Gasteiger partial charge in [-0.2, -0.15) is 15.0 Å². The number of anilines is 2. The fourth-order valence-corrected chi connectivity index (χ4v) is 4.20. The maximum Gasteiger partial charge on any atom is 0.417 e. The average molecular weight is 482 g/mol. The third-order valence-corrected chi connectivity index (χ3v) is 6.19. The summed E-state index contributed by atoms with van der Waals surface area (Å²) >= 11 is 0. The van der Waals surface area contributed by atoms with E-state index < -0.39 is 11.6 Å². The molecular formula is C28H27N5O3. The smallest absolute Gasteiger partial charge is 0.417 e. The monoisotopic (exact) mass is 481 g/mol. The Morgan fingerprint density at radius 3 is 2.25 bits per heavy atom. The van der Waals surface area contributed by atoms with Crippen molar-refractivity contribution in [2.45, 2.75) is 32.4 Å². The lowest BCUT2D eigenvalue weighted by Crippen LogP contribution is -2.43. The van der Waals surface area contributed by atoms with Crippen LogP contribution in [0.25, 0.3) is 0 Å². The van der Waals surface area contributed by atoms with E-state index >= 15 is 0 Å². The molecule has 1 N–H and O–H groups in total. The van der Waals surface area contributed by atoms with Crippen molar-refractivity contribution in [1.82, 2.24) is 15.0 Å². The van der Waals surface area contributed by atoms with E-state index in [4.69, 9.17) is 9.47 Å². The number of rotatable bonds is 7. The predicted molar refractivity (Wildman–Crippen MR) is 137 cm³/mol. The van der Waals surface area contributed by atoms with Crippen molar-refractivity contribution >= 4 is 18.0 Å². The van der Waals surface area contributed by atoms with E-state index in [0.29, 0.717) is 11.8 Å². The molecule has 8 nitrogen and oxygen atoms in total. The highest BCUT2D eigenvalue weighted by Gasteiger charge is 2.47. The highest BCUT2D eigenvalue weighted by atomic mass is 16.6. The molecule has 0 unspecified atom stereocenters. The average Bonchev–Trinajstić information content (AvgIpc) is 3.20. The highest BCUT2D eigenvalue weighted by molar-refractivity contribution is 5.89. The number of aryl methyl sites for hydroxylation is 1. The van der Waals surface area contributed by atoms with Crippen molar-refractivity contribution in [3.63, 3.8) is 0 Å². The zero-order valence-corrected chi connectivity index (χ0v) is 20.4. The number of aromatic nitrogens is 3. The summed E-state index contributed by atoms with van der Waals surface area (Å²) in [7, 11) is 0. The van der Waals surface area contributed by atoms with Gasteiger partial charge in [-0.1, -0.05) is 60.7 Å². The van der Waals surface area contributed by atoms with Gasteiger partial charge in [-0.05, 0) is 56.2 Å². The minimum Gasteiger partial charge on any atom is -0.457 e. The van der Waals surface area contributed by atoms with Crippen LogP contribution < -0.4 is 15.0 Å². The van der Waals surface area contributed by atoms with E-state index in [2.05, 4.69) is 20.3 Å². The maximum atomic E-state index is 12.8. The fourth-order valence-electron chi connectivity index (χ4n) is 4.20. The van der Waals surface area contributed by atoms with Gasteiger partial charge in [-0.25, -0.2) is 9.69 Å². The molecule has 0 radical (unpaired) electrons. The first-order valence-corrected chi connectivity index (χ1v) is 11.8. The van der Waals surface area contributed by atoms with Gasteiger partial charge in [0.25, 0.3) is 0 Å². The second-order valence-corrected chi connectivity index (χ2v) is 8.89. The third kappa shape index (κ3) is 4.70. The third-order valence-electron chi connectivity index (χ3n) is 6.19. The van der Waals surface area contributed by atoms with Gasteiger partial charge in [0, 0.05) is 0 Å². The first-order valence-electron chi connectivity index (χ1n) is 11.8. The molecule has 1 fully saturated rings. The first-order chi connectivity index (χ1) is 17.4. The number of carbonyl (C=O) groups excluding carboxylic acids is 1. The fraction of sp³-hybridized carbons (Fsp3) is 0.214. The van der Waals surface area contributed by atoms with Gasteiger partial charge in [-0.15, -0.1) is 0 Å². The molecule has 0 spiro atoms. The first kappa shape index (κ1) is 23.3. The number of amides is 1. The van der Waals surface area contributed by atoms with Crippen LogP contribution in [0.1, 0.15) is 36.8 Å². The quantitative estimate of drug-likeness (QED) is 0.345. The molecule has 2 atom stereocenters. The van der Waals surface area contributed by atoms with Gasteiger partial charge >= 0.3 is 6.09 Å². The predicted octanol–water partition coefficient (Wildman–Crippen LogP) is 6.02. The van der Waals surface area contributed by atoms with Crippen molar-refractivity contribution in [3.05, 3.63) is 102 Å². The SMILES string of the molecule is Cc1nc(N[C@@H](C)c2ccc(Oc3ccccc3)cc2)nc(N2C(=O)OC[C@@]2(C)c2ccccc2)n1. The van der Waals surface area contributed by atoms with Crippen LogP contribution >= 0.6 is 0 Å². The maximum absolute atomic E-state index is 12.8. The van der Waals surface area contributed by atoms with Gasteiger partial charge in [0.1, 0.15) is 29.5 Å². The summed E-state index contributed by atoms with van der Waals surface area (Å²) in [5, 5.41) is 3.33. The van der Waals surface area contributed by atoms with Crippen LogP contribution in [0.2, 0.25) is 0 Å². The van der Waals surface area contributed by atoms with Crippen LogP contribution in [-0.2, 0) is 10.3 Å². The van der Waals surface area contributed by atoms with E-state index in [1.54, 1.807) is 6.92 Å². The number of hydrogen-bond acceptors (Lipinski definition) is 7. The molecular weight excluding hydrogens is 454 g/mol. The Balaban J connectivity index is 1.36. The number of benzene rings is 3. The molecule has 1 saturated heterocycles. The van der Waals surface area contributed by atoms with Crippen LogP contribution in [0.15, 0.2) is 84.9 Å². The largest absolute Gasteiger partial charge is 0.457 e. The molecule has 0 aliphatic carbocycles. The minimum absolute atomic E-state index is 0.100. The van der Waals surface area contributed by atoms with Crippen molar-refractivity contribution in [2.24, 2.45) is 0 Å². The molecule has 1 aliphatic heterocycles. The Morgan fingerprint density at radius 2 is 1.56 bits per heavy atom. The Labute approximate surface area is 210 Å². The zero-order chi connectivity index (χ0) is 25.1. The number of nitrogens with one attached hydrogen (secondary N) is 1. The molecule has 0 saturated carbocycles. The normalized spacial score (nSPS) is 18.0. The summed E-state index contributed by atoms with van der Waals surface area (Å²) in [5.74, 6) is 2.66. The van der Waals surface area contributed by atoms with Gasteiger partial charge in [0.15, 0.2) is 0 Å². The van der Waals surface area contributed by atoms with Crippen LogP contribution in [0.5, 0.6) is 11.5 Å². The van der Waals surface area contributed by atoms with Crippen molar-refractivity contribution in [1.29, 1.82) is 0 Å². The number of hydrogen-bond donors (Lipinski definition) is 1. The highest BCUT2D eigenvalue weighted by Crippen LogP contribution is 2.37. The van der Waals surface area contributed by atoms with Gasteiger partial charge < -0.3 is 14.8 Å². The molecule has 1 aliphatic rings. The summed E-state index contributed by atoms with van der Waals surface area (Å²) in [6, 6.07) is 27.1. The Kier molecular flexibility index (Phi) is 6.25. The van der Waals surface area contributed by atoms with Gasteiger partial charge in [0.05, 0.1) is 6.04 Å². The molecule has 182 valence electrons. The summed E-state index contributed by atoms with van der Waals surface area (Å²) in [5.41, 5.74) is 1.24. The van der Waals surface area contributed by atoms with Crippen molar-refractivity contribution in [3.8, 4) is 11.5 Å². The van der Waals surface area contributed by atoms with Crippen LogP contribution in [0.3, 0.4) is 0 Å². The lowest BCUT2D eigenvalue weighted by atomic mass is 9.92. The van der Waals surface area contributed by atoms with E-state index in [0.717, 1.165) is 22.6 Å². The number of nitrogens with zero attached hydrogens (tertiary/aromatic N) is 4. The van der Waals surface area contributed by atoms with E-state index in [1.807, 2.05) is 98.8 Å². The molecule has 3 aromatic carbocycles. The Morgan fingerprint density at radius 1 is 0.917 bits per heavy atom. The number of carbonyl (C=O) groups is 1. The van der Waals surface area contributed by atoms with Gasteiger partial charge in [0.2, 0.25) is 11.9 Å². The van der Waals surface area contributed by atoms with Crippen LogP contribution in [-0.4, -0.2) is 27.7 Å². The summed E-state index contributed by atoms with van der Waals surface area (Å²) < 4.78 is 11.3. The molecule has 1 aromatic heterocycles. The van der Waals surface area contributed by atoms with Crippen LogP contribution in [0.4, 0.5) is 16.7 Å². The molecule has 36 heavy (non-hydrogen) atoms. The second-order valence-electron chi connectivity index (χ2n) is 8.89. The Bertz CT molecular complexity index is 1350. The van der Waals surface area contributed by atoms with Gasteiger partial charge in [-0.3, -0.25) is 0 Å². The lowest BCUT2D eigenvalue weighted by Gasteiger charge is -2.30. The second kappa shape index (κ2) is 9.65. The van der Waals surface area contributed by atoms with Crippen LogP contribution in [0, 0.1) is 6.92 Å². The molecule has 2 heterocycles. The molecule has 8 heteroatoms. The topological polar surface area (TPSA) is 89.5 Å². The summed E-state index contributed by atoms with van der Waals surface area (Å²) in [4.78, 5) is 27.8. The zero-order valence-electron chi connectivity index (χ0n) is 20.4. The molecule has 1 amide bonds. The Hall–Kier alpha value is -4.46. The standard InChI is InChI=1S/C28H27N5O3/c1-19(21-14-16-24(17-15-21)36-23-12-8-5-9-13-23)29-25-30-20(2)31-26(32-25)33-27(34)35-18-28(33,3)22-10-6-4-7-11-22/h4-17,19H,18H2,1-3H3,(H,29,30,31,32)/t19-,28-/m0/s1. The summed E-state index contributed by atoms with van der Waals surface area (Å²) in [6.07, 6.45) is -0.486.